The SMILES string of the molecule is CCc1cc(Cn2nc(C)c(I)c2C)n(C)n1. The van der Waals surface area contributed by atoms with E-state index in [0.29, 0.717) is 0 Å². The standard InChI is InChI=1S/C12H17IN4/c1-5-10-6-11(16(4)15-10)7-17-9(3)12(13)8(2)14-17/h6H,5,7H2,1-4H3. The fourth-order valence-electron chi connectivity index (χ4n) is 1.87. The van der Waals surface area contributed by atoms with Crippen LogP contribution in [-0.4, -0.2) is 19.6 Å². The Morgan fingerprint density at radius 1 is 1.29 bits per heavy atom. The molecule has 0 radical (unpaired) electrons. The summed E-state index contributed by atoms with van der Waals surface area (Å²) in [6, 6.07) is 2.16. The van der Waals surface area contributed by atoms with Gasteiger partial charge in [-0.05, 0) is 48.9 Å². The van der Waals surface area contributed by atoms with Crippen molar-refractivity contribution < 1.29 is 0 Å². The Labute approximate surface area is 115 Å². The summed E-state index contributed by atoms with van der Waals surface area (Å²) < 4.78 is 5.25. The molecule has 0 fully saturated rings. The highest BCUT2D eigenvalue weighted by Gasteiger charge is 2.11. The summed E-state index contributed by atoms with van der Waals surface area (Å²) in [5, 5.41) is 9.01. The number of hydrogen-bond donors (Lipinski definition) is 0. The second-order valence-electron chi connectivity index (χ2n) is 4.25. The summed E-state index contributed by atoms with van der Waals surface area (Å²) >= 11 is 2.35. The van der Waals surface area contributed by atoms with E-state index in [0.717, 1.165) is 24.4 Å². The van der Waals surface area contributed by atoms with Crippen molar-refractivity contribution in [2.75, 3.05) is 0 Å². The van der Waals surface area contributed by atoms with Gasteiger partial charge in [-0.1, -0.05) is 6.92 Å². The topological polar surface area (TPSA) is 35.6 Å². The second kappa shape index (κ2) is 4.80. The number of nitrogens with zero attached hydrogens (tertiary/aromatic N) is 4. The highest BCUT2D eigenvalue weighted by molar-refractivity contribution is 14.1. The van der Waals surface area contributed by atoms with Gasteiger partial charge in [-0.25, -0.2) is 0 Å². The van der Waals surface area contributed by atoms with Crippen LogP contribution in [0.1, 0.15) is 29.7 Å². The summed E-state index contributed by atoms with van der Waals surface area (Å²) in [5.74, 6) is 0. The van der Waals surface area contributed by atoms with Crippen molar-refractivity contribution in [3.05, 3.63) is 32.4 Å². The van der Waals surface area contributed by atoms with Crippen molar-refractivity contribution in [3.63, 3.8) is 0 Å². The van der Waals surface area contributed by atoms with Crippen LogP contribution in [0.2, 0.25) is 0 Å². The van der Waals surface area contributed by atoms with E-state index in [2.05, 4.69) is 52.7 Å². The van der Waals surface area contributed by atoms with Gasteiger partial charge in [0, 0.05) is 12.7 Å². The lowest BCUT2D eigenvalue weighted by Gasteiger charge is -2.04. The molecule has 0 bridgehead atoms. The second-order valence-corrected chi connectivity index (χ2v) is 5.33. The van der Waals surface area contributed by atoms with E-state index < -0.39 is 0 Å². The number of aromatic nitrogens is 4. The van der Waals surface area contributed by atoms with Crippen molar-refractivity contribution >= 4 is 22.6 Å². The molecule has 0 spiro atoms. The molecule has 0 atom stereocenters. The van der Waals surface area contributed by atoms with Crippen LogP contribution < -0.4 is 0 Å². The molecule has 0 aliphatic rings. The monoisotopic (exact) mass is 344 g/mol. The quantitative estimate of drug-likeness (QED) is 0.802. The Balaban J connectivity index is 2.31. The van der Waals surface area contributed by atoms with Crippen molar-refractivity contribution in [1.29, 1.82) is 0 Å². The highest BCUT2D eigenvalue weighted by atomic mass is 127. The zero-order chi connectivity index (χ0) is 12.6. The number of aryl methyl sites for hydroxylation is 3. The molecule has 92 valence electrons. The molecule has 0 aliphatic carbocycles. The lowest BCUT2D eigenvalue weighted by Crippen LogP contribution is -2.08. The Kier molecular flexibility index (Phi) is 3.56. The molecular weight excluding hydrogens is 327 g/mol. The van der Waals surface area contributed by atoms with E-state index in [1.165, 1.54) is 15.0 Å². The van der Waals surface area contributed by atoms with E-state index >= 15 is 0 Å². The lowest BCUT2D eigenvalue weighted by atomic mass is 10.3. The average Bonchev–Trinajstić information content (AvgIpc) is 2.77. The van der Waals surface area contributed by atoms with Crippen molar-refractivity contribution in [2.24, 2.45) is 7.05 Å². The van der Waals surface area contributed by atoms with Crippen LogP contribution in [0.5, 0.6) is 0 Å². The highest BCUT2D eigenvalue weighted by Crippen LogP contribution is 2.16. The smallest absolute Gasteiger partial charge is 0.0831 e. The zero-order valence-electron chi connectivity index (χ0n) is 10.7. The van der Waals surface area contributed by atoms with Crippen LogP contribution in [0.3, 0.4) is 0 Å². The van der Waals surface area contributed by atoms with Gasteiger partial charge in [0.2, 0.25) is 0 Å². The van der Waals surface area contributed by atoms with Gasteiger partial charge in [-0.15, -0.1) is 0 Å². The number of rotatable bonds is 3. The van der Waals surface area contributed by atoms with Crippen LogP contribution in [-0.2, 0) is 20.0 Å². The third-order valence-corrected chi connectivity index (χ3v) is 4.56. The molecule has 0 aliphatic heterocycles. The summed E-state index contributed by atoms with van der Waals surface area (Å²) in [4.78, 5) is 0. The molecule has 0 saturated carbocycles. The molecule has 2 aromatic heterocycles. The van der Waals surface area contributed by atoms with E-state index in [1.807, 2.05) is 23.3 Å². The Hall–Kier alpha value is -0.850. The van der Waals surface area contributed by atoms with E-state index in [9.17, 15) is 0 Å². The normalized spacial score (nSPS) is 11.1. The van der Waals surface area contributed by atoms with Gasteiger partial charge in [0.05, 0.1) is 27.2 Å². The van der Waals surface area contributed by atoms with Gasteiger partial charge < -0.3 is 0 Å². The van der Waals surface area contributed by atoms with Gasteiger partial charge in [-0.3, -0.25) is 9.36 Å². The van der Waals surface area contributed by atoms with Crippen LogP contribution >= 0.6 is 22.6 Å². The van der Waals surface area contributed by atoms with Gasteiger partial charge >= 0.3 is 0 Å². The van der Waals surface area contributed by atoms with Crippen LogP contribution in [0.25, 0.3) is 0 Å². The Bertz CT molecular complexity index is 539. The lowest BCUT2D eigenvalue weighted by molar-refractivity contribution is 0.602. The summed E-state index contributed by atoms with van der Waals surface area (Å²) in [7, 11) is 1.99. The molecule has 17 heavy (non-hydrogen) atoms. The van der Waals surface area contributed by atoms with Crippen molar-refractivity contribution in [3.8, 4) is 0 Å². The third kappa shape index (κ3) is 2.38. The minimum atomic E-state index is 0.791. The molecule has 0 aromatic carbocycles. The van der Waals surface area contributed by atoms with Crippen molar-refractivity contribution in [1.82, 2.24) is 19.6 Å². The average molecular weight is 344 g/mol. The predicted molar refractivity (Wildman–Crippen MR) is 76.1 cm³/mol. The van der Waals surface area contributed by atoms with Gasteiger partial charge in [0.15, 0.2) is 0 Å². The first kappa shape index (κ1) is 12.6. The minimum Gasteiger partial charge on any atom is -0.270 e. The molecule has 0 saturated heterocycles. The number of halogens is 1. The fraction of sp³-hybridized carbons (Fsp3) is 0.500. The molecule has 2 aromatic rings. The third-order valence-electron chi connectivity index (χ3n) is 2.99. The zero-order valence-corrected chi connectivity index (χ0v) is 12.8. The van der Waals surface area contributed by atoms with Crippen LogP contribution in [0.4, 0.5) is 0 Å². The summed E-state index contributed by atoms with van der Waals surface area (Å²) in [5.41, 5.74) is 4.66. The molecule has 2 heterocycles. The van der Waals surface area contributed by atoms with E-state index in [-0.39, 0.29) is 0 Å². The molecule has 0 N–H and O–H groups in total. The predicted octanol–water partition coefficient (Wildman–Crippen LogP) is 2.45. The minimum absolute atomic E-state index is 0.791. The van der Waals surface area contributed by atoms with Gasteiger partial charge in [0.25, 0.3) is 0 Å². The maximum Gasteiger partial charge on any atom is 0.0831 e. The molecule has 0 amide bonds. The Morgan fingerprint density at radius 3 is 2.47 bits per heavy atom. The first-order valence-corrected chi connectivity index (χ1v) is 6.82. The number of hydrogen-bond acceptors (Lipinski definition) is 2. The van der Waals surface area contributed by atoms with Crippen LogP contribution in [0, 0.1) is 17.4 Å². The first-order valence-electron chi connectivity index (χ1n) is 5.74. The summed E-state index contributed by atoms with van der Waals surface area (Å²) in [6.07, 6.45) is 0.975. The van der Waals surface area contributed by atoms with Gasteiger partial charge in [0.1, 0.15) is 0 Å². The maximum atomic E-state index is 4.55. The molecule has 2 rings (SSSR count). The molecule has 5 heteroatoms. The van der Waals surface area contributed by atoms with Gasteiger partial charge in [-0.2, -0.15) is 10.2 Å². The molecular formula is C12H17IN4. The maximum absolute atomic E-state index is 4.55. The van der Waals surface area contributed by atoms with Crippen molar-refractivity contribution in [2.45, 2.75) is 33.7 Å². The van der Waals surface area contributed by atoms with Crippen LogP contribution in [0.15, 0.2) is 6.07 Å². The fourth-order valence-corrected chi connectivity index (χ4v) is 2.26. The first-order chi connectivity index (χ1) is 8.02. The van der Waals surface area contributed by atoms with E-state index in [4.69, 9.17) is 0 Å². The van der Waals surface area contributed by atoms with E-state index in [1.54, 1.807) is 0 Å². The largest absolute Gasteiger partial charge is 0.270 e. The summed E-state index contributed by atoms with van der Waals surface area (Å²) in [6.45, 7) is 7.07. The Morgan fingerprint density at radius 2 is 2.00 bits per heavy atom. The molecule has 0 unspecified atom stereocenters. The molecule has 4 nitrogen and oxygen atoms in total.